The van der Waals surface area contributed by atoms with E-state index in [2.05, 4.69) is 20.7 Å². The van der Waals surface area contributed by atoms with Gasteiger partial charge in [-0.2, -0.15) is 5.10 Å². The summed E-state index contributed by atoms with van der Waals surface area (Å²) >= 11 is 0. The first-order valence-electron chi connectivity index (χ1n) is 5.92. The van der Waals surface area contributed by atoms with E-state index in [1.165, 1.54) is 0 Å². The molecular weight excluding hydrogens is 216 g/mol. The van der Waals surface area contributed by atoms with E-state index in [0.29, 0.717) is 0 Å². The van der Waals surface area contributed by atoms with Crippen LogP contribution in [0.15, 0.2) is 29.4 Å². The molecule has 2 aliphatic heterocycles. The number of aliphatic hydroxyl groups is 1. The predicted molar refractivity (Wildman–Crippen MR) is 65.5 cm³/mol. The van der Waals surface area contributed by atoms with Crippen molar-refractivity contribution in [2.24, 2.45) is 5.10 Å². The first-order chi connectivity index (χ1) is 8.36. The van der Waals surface area contributed by atoms with Crippen molar-refractivity contribution in [2.45, 2.75) is 6.23 Å². The zero-order valence-corrected chi connectivity index (χ0v) is 9.56. The number of amidine groups is 1. The highest BCUT2D eigenvalue weighted by atomic mass is 16.3. The van der Waals surface area contributed by atoms with Gasteiger partial charge in [0.05, 0.1) is 0 Å². The van der Waals surface area contributed by atoms with E-state index >= 15 is 0 Å². The van der Waals surface area contributed by atoms with Crippen LogP contribution in [0.25, 0.3) is 0 Å². The second-order valence-corrected chi connectivity index (χ2v) is 4.29. The standard InChI is InChI=1S/C12H16N4O/c17-12-10-4-2-1-3-9(10)11(14-15-12)16-7-5-13-6-8-16/h1-4,12-13,15,17H,5-8H2. The molecule has 0 radical (unpaired) electrons. The molecule has 1 atom stereocenters. The second kappa shape index (κ2) is 4.35. The van der Waals surface area contributed by atoms with Gasteiger partial charge in [-0.25, -0.2) is 0 Å². The van der Waals surface area contributed by atoms with Gasteiger partial charge in [0.2, 0.25) is 0 Å². The normalized spacial score (nSPS) is 23.7. The lowest BCUT2D eigenvalue weighted by Gasteiger charge is -2.33. The Balaban J connectivity index is 1.95. The number of fused-ring (bicyclic) bond motifs is 1. The largest absolute Gasteiger partial charge is 0.368 e. The van der Waals surface area contributed by atoms with E-state index in [9.17, 15) is 5.11 Å². The van der Waals surface area contributed by atoms with Crippen LogP contribution < -0.4 is 10.7 Å². The summed E-state index contributed by atoms with van der Waals surface area (Å²) in [5.41, 5.74) is 4.69. The molecule has 90 valence electrons. The summed E-state index contributed by atoms with van der Waals surface area (Å²) < 4.78 is 0. The van der Waals surface area contributed by atoms with Crippen molar-refractivity contribution < 1.29 is 5.11 Å². The van der Waals surface area contributed by atoms with E-state index in [1.807, 2.05) is 24.3 Å². The van der Waals surface area contributed by atoms with Crippen LogP contribution in [0.4, 0.5) is 0 Å². The van der Waals surface area contributed by atoms with Crippen LogP contribution in [0.3, 0.4) is 0 Å². The molecular formula is C12H16N4O. The number of hydrazone groups is 1. The Morgan fingerprint density at radius 2 is 2.00 bits per heavy atom. The molecule has 17 heavy (non-hydrogen) atoms. The minimum absolute atomic E-state index is 0.696. The maximum Gasteiger partial charge on any atom is 0.166 e. The zero-order valence-electron chi connectivity index (χ0n) is 9.56. The Labute approximate surface area is 100 Å². The van der Waals surface area contributed by atoms with Crippen LogP contribution in [0.2, 0.25) is 0 Å². The van der Waals surface area contributed by atoms with E-state index in [-0.39, 0.29) is 0 Å². The zero-order chi connectivity index (χ0) is 11.7. The first kappa shape index (κ1) is 10.6. The third-order valence-electron chi connectivity index (χ3n) is 3.21. The Bertz CT molecular complexity index is 440. The molecule has 2 heterocycles. The maximum absolute atomic E-state index is 9.83. The molecule has 3 rings (SSSR count). The van der Waals surface area contributed by atoms with Crippen molar-refractivity contribution in [1.29, 1.82) is 0 Å². The third-order valence-corrected chi connectivity index (χ3v) is 3.21. The fraction of sp³-hybridized carbons (Fsp3) is 0.417. The van der Waals surface area contributed by atoms with E-state index in [1.54, 1.807) is 0 Å². The highest BCUT2D eigenvalue weighted by Gasteiger charge is 2.24. The first-order valence-corrected chi connectivity index (χ1v) is 5.92. The lowest BCUT2D eigenvalue weighted by molar-refractivity contribution is 0.136. The Kier molecular flexibility index (Phi) is 2.70. The second-order valence-electron chi connectivity index (χ2n) is 4.29. The molecule has 5 nitrogen and oxygen atoms in total. The molecule has 1 fully saturated rings. The van der Waals surface area contributed by atoms with Gasteiger partial charge in [-0.3, -0.25) is 5.43 Å². The van der Waals surface area contributed by atoms with Crippen LogP contribution in [-0.4, -0.2) is 42.0 Å². The fourth-order valence-corrected chi connectivity index (χ4v) is 2.31. The van der Waals surface area contributed by atoms with Gasteiger partial charge in [0.15, 0.2) is 12.1 Å². The minimum Gasteiger partial charge on any atom is -0.368 e. The molecule has 1 aromatic carbocycles. The molecule has 0 bridgehead atoms. The molecule has 1 saturated heterocycles. The molecule has 3 N–H and O–H groups in total. The third kappa shape index (κ3) is 1.87. The van der Waals surface area contributed by atoms with E-state index in [4.69, 9.17) is 0 Å². The van der Waals surface area contributed by atoms with Gasteiger partial charge in [-0.1, -0.05) is 24.3 Å². The molecule has 0 aliphatic carbocycles. The summed E-state index contributed by atoms with van der Waals surface area (Å²) in [5.74, 6) is 0.937. The fourth-order valence-electron chi connectivity index (χ4n) is 2.31. The number of hydrogen-bond donors (Lipinski definition) is 3. The molecule has 0 saturated carbocycles. The quantitative estimate of drug-likeness (QED) is 0.582. The number of rotatable bonds is 0. The van der Waals surface area contributed by atoms with Crippen LogP contribution in [0, 0.1) is 0 Å². The van der Waals surface area contributed by atoms with Gasteiger partial charge in [0.1, 0.15) is 0 Å². The number of nitrogens with one attached hydrogen (secondary N) is 2. The van der Waals surface area contributed by atoms with Crippen molar-refractivity contribution in [3.63, 3.8) is 0 Å². The monoisotopic (exact) mass is 232 g/mol. The molecule has 1 aromatic rings. The van der Waals surface area contributed by atoms with Gasteiger partial charge in [0, 0.05) is 37.3 Å². The number of aliphatic hydroxyl groups excluding tert-OH is 1. The summed E-state index contributed by atoms with van der Waals surface area (Å²) in [4.78, 5) is 2.24. The number of piperazine rings is 1. The smallest absolute Gasteiger partial charge is 0.166 e. The van der Waals surface area contributed by atoms with Crippen LogP contribution in [-0.2, 0) is 0 Å². The Hall–Kier alpha value is -1.59. The van der Waals surface area contributed by atoms with E-state index < -0.39 is 6.23 Å². The average Bonchev–Trinajstić information content (AvgIpc) is 2.41. The average molecular weight is 232 g/mol. The number of nitrogens with zero attached hydrogens (tertiary/aromatic N) is 2. The lowest BCUT2D eigenvalue weighted by Crippen LogP contribution is -2.48. The maximum atomic E-state index is 9.83. The molecule has 1 unspecified atom stereocenters. The van der Waals surface area contributed by atoms with Crippen molar-refractivity contribution in [3.8, 4) is 0 Å². The molecule has 0 aromatic heterocycles. The highest BCUT2D eigenvalue weighted by molar-refractivity contribution is 6.00. The molecule has 5 heteroatoms. The lowest BCUT2D eigenvalue weighted by atomic mass is 10.0. The minimum atomic E-state index is -0.696. The summed E-state index contributed by atoms with van der Waals surface area (Å²) in [5, 5.41) is 17.4. The summed E-state index contributed by atoms with van der Waals surface area (Å²) in [6.45, 7) is 3.85. The summed E-state index contributed by atoms with van der Waals surface area (Å²) in [6, 6.07) is 7.86. The summed E-state index contributed by atoms with van der Waals surface area (Å²) in [6.07, 6.45) is -0.696. The van der Waals surface area contributed by atoms with Gasteiger partial charge in [0.25, 0.3) is 0 Å². The highest BCUT2D eigenvalue weighted by Crippen LogP contribution is 2.22. The Morgan fingerprint density at radius 3 is 2.82 bits per heavy atom. The van der Waals surface area contributed by atoms with Crippen LogP contribution in [0.5, 0.6) is 0 Å². The topological polar surface area (TPSA) is 59.9 Å². The van der Waals surface area contributed by atoms with Crippen LogP contribution in [0.1, 0.15) is 17.4 Å². The van der Waals surface area contributed by atoms with Crippen molar-refractivity contribution in [2.75, 3.05) is 26.2 Å². The molecule has 2 aliphatic rings. The summed E-state index contributed by atoms with van der Waals surface area (Å²) in [7, 11) is 0. The van der Waals surface area contributed by atoms with Gasteiger partial charge >= 0.3 is 0 Å². The molecule has 0 amide bonds. The Morgan fingerprint density at radius 1 is 1.24 bits per heavy atom. The van der Waals surface area contributed by atoms with Gasteiger partial charge < -0.3 is 15.3 Å². The van der Waals surface area contributed by atoms with Crippen molar-refractivity contribution in [3.05, 3.63) is 35.4 Å². The molecule has 0 spiro atoms. The van der Waals surface area contributed by atoms with Gasteiger partial charge in [-0.05, 0) is 0 Å². The number of hydrogen-bond acceptors (Lipinski definition) is 5. The van der Waals surface area contributed by atoms with Crippen molar-refractivity contribution in [1.82, 2.24) is 15.6 Å². The van der Waals surface area contributed by atoms with Crippen molar-refractivity contribution >= 4 is 5.84 Å². The van der Waals surface area contributed by atoms with Gasteiger partial charge in [-0.15, -0.1) is 0 Å². The predicted octanol–water partition coefficient (Wildman–Crippen LogP) is -0.152. The van der Waals surface area contributed by atoms with Crippen LogP contribution >= 0.6 is 0 Å². The van der Waals surface area contributed by atoms with E-state index in [0.717, 1.165) is 43.1 Å². The number of benzene rings is 1. The SMILES string of the molecule is OC1NN=C(N2CCNCC2)c2ccccc21.